The molecule has 1 saturated heterocycles. The summed E-state index contributed by atoms with van der Waals surface area (Å²) in [5.41, 5.74) is 1.36. The molecular formula is C25H30FN5O4S. The summed E-state index contributed by atoms with van der Waals surface area (Å²) in [7, 11) is -1.91. The molecule has 2 aromatic carbocycles. The van der Waals surface area contributed by atoms with Gasteiger partial charge in [0.05, 0.1) is 11.4 Å². The van der Waals surface area contributed by atoms with Gasteiger partial charge in [0.25, 0.3) is 0 Å². The SMILES string of the molecule is Cc1cc(S(=O)(=O)N2CCN(Cc3noc(CCC(=O)N(C)Cc4ccccc4)n3)CC2)ccc1F. The van der Waals surface area contributed by atoms with E-state index in [1.54, 1.807) is 18.9 Å². The van der Waals surface area contributed by atoms with Crippen LogP contribution < -0.4 is 0 Å². The smallest absolute Gasteiger partial charge is 0.243 e. The van der Waals surface area contributed by atoms with Gasteiger partial charge in [-0.2, -0.15) is 9.29 Å². The van der Waals surface area contributed by atoms with E-state index in [9.17, 15) is 17.6 Å². The Morgan fingerprint density at radius 3 is 2.53 bits per heavy atom. The van der Waals surface area contributed by atoms with E-state index in [-0.39, 0.29) is 17.2 Å². The summed E-state index contributed by atoms with van der Waals surface area (Å²) >= 11 is 0. The Bertz CT molecular complexity index is 1290. The number of hydrogen-bond donors (Lipinski definition) is 0. The van der Waals surface area contributed by atoms with E-state index in [0.29, 0.717) is 63.0 Å². The summed E-state index contributed by atoms with van der Waals surface area (Å²) < 4.78 is 46.1. The molecule has 0 saturated carbocycles. The number of carbonyl (C=O) groups is 1. The molecule has 0 unspecified atom stereocenters. The number of hydrogen-bond acceptors (Lipinski definition) is 7. The lowest BCUT2D eigenvalue weighted by molar-refractivity contribution is -0.130. The van der Waals surface area contributed by atoms with Crippen molar-refractivity contribution in [3.8, 4) is 0 Å². The van der Waals surface area contributed by atoms with E-state index in [0.717, 1.165) is 5.56 Å². The van der Waals surface area contributed by atoms with Crippen LogP contribution in [0.5, 0.6) is 0 Å². The highest BCUT2D eigenvalue weighted by atomic mass is 32.2. The minimum Gasteiger partial charge on any atom is -0.341 e. The number of piperazine rings is 1. The van der Waals surface area contributed by atoms with Crippen LogP contribution >= 0.6 is 0 Å². The molecule has 0 atom stereocenters. The first-order chi connectivity index (χ1) is 17.2. The Kier molecular flexibility index (Phi) is 8.12. The lowest BCUT2D eigenvalue weighted by Gasteiger charge is -2.33. The van der Waals surface area contributed by atoms with Gasteiger partial charge in [-0.15, -0.1) is 0 Å². The van der Waals surface area contributed by atoms with Gasteiger partial charge in [0, 0.05) is 52.6 Å². The summed E-state index contributed by atoms with van der Waals surface area (Å²) in [5.74, 6) is 0.467. The Hall–Kier alpha value is -3.15. The van der Waals surface area contributed by atoms with Crippen LogP contribution in [0.1, 0.15) is 29.3 Å². The lowest BCUT2D eigenvalue weighted by Crippen LogP contribution is -2.48. The minimum atomic E-state index is -3.68. The van der Waals surface area contributed by atoms with Crippen molar-refractivity contribution in [2.24, 2.45) is 0 Å². The molecular weight excluding hydrogens is 485 g/mol. The number of aromatic nitrogens is 2. The molecule has 0 N–H and O–H groups in total. The van der Waals surface area contributed by atoms with Gasteiger partial charge in [-0.3, -0.25) is 9.69 Å². The number of carbonyl (C=O) groups excluding carboxylic acids is 1. The third-order valence-electron chi connectivity index (χ3n) is 6.21. The number of halogens is 1. The van der Waals surface area contributed by atoms with Crippen LogP contribution in [0.25, 0.3) is 0 Å². The molecule has 1 aliphatic heterocycles. The molecule has 9 nitrogen and oxygen atoms in total. The first-order valence-electron chi connectivity index (χ1n) is 11.8. The third kappa shape index (κ3) is 6.34. The maximum absolute atomic E-state index is 13.5. The molecule has 1 amide bonds. The molecule has 0 bridgehead atoms. The molecule has 1 aromatic heterocycles. The van der Waals surface area contributed by atoms with Crippen LogP contribution in [0.15, 0.2) is 57.9 Å². The van der Waals surface area contributed by atoms with Crippen LogP contribution in [-0.2, 0) is 34.3 Å². The molecule has 0 spiro atoms. The number of aryl methyl sites for hydroxylation is 2. The van der Waals surface area contributed by atoms with E-state index in [2.05, 4.69) is 15.0 Å². The topological polar surface area (TPSA) is 99.8 Å². The summed E-state index contributed by atoms with van der Waals surface area (Å²) in [6.45, 7) is 4.14. The van der Waals surface area contributed by atoms with Crippen LogP contribution in [0.2, 0.25) is 0 Å². The first kappa shape index (κ1) is 25.9. The van der Waals surface area contributed by atoms with Crippen molar-refractivity contribution in [1.82, 2.24) is 24.2 Å². The average molecular weight is 516 g/mol. The zero-order valence-corrected chi connectivity index (χ0v) is 21.2. The molecule has 4 rings (SSSR count). The van der Waals surface area contributed by atoms with E-state index in [4.69, 9.17) is 4.52 Å². The highest BCUT2D eigenvalue weighted by Crippen LogP contribution is 2.20. The third-order valence-corrected chi connectivity index (χ3v) is 8.11. The second-order valence-corrected chi connectivity index (χ2v) is 10.9. The maximum atomic E-state index is 13.5. The number of benzene rings is 2. The maximum Gasteiger partial charge on any atom is 0.243 e. The predicted molar refractivity (Wildman–Crippen MR) is 131 cm³/mol. The van der Waals surface area contributed by atoms with Crippen molar-refractivity contribution in [1.29, 1.82) is 0 Å². The normalized spacial score (nSPS) is 15.2. The van der Waals surface area contributed by atoms with Crippen molar-refractivity contribution in [3.63, 3.8) is 0 Å². The summed E-state index contributed by atoms with van der Waals surface area (Å²) in [6.07, 6.45) is 0.623. The number of amides is 1. The van der Waals surface area contributed by atoms with Gasteiger partial charge in [0.15, 0.2) is 5.82 Å². The van der Waals surface area contributed by atoms with Crippen LogP contribution in [0, 0.1) is 12.7 Å². The van der Waals surface area contributed by atoms with E-state index in [1.807, 2.05) is 30.3 Å². The number of sulfonamides is 1. The zero-order valence-electron chi connectivity index (χ0n) is 20.4. The Morgan fingerprint density at radius 2 is 1.83 bits per heavy atom. The Labute approximate surface area is 210 Å². The molecule has 1 fully saturated rings. The molecule has 192 valence electrons. The zero-order chi connectivity index (χ0) is 25.7. The van der Waals surface area contributed by atoms with E-state index < -0.39 is 15.8 Å². The minimum absolute atomic E-state index is 0.00715. The quantitative estimate of drug-likeness (QED) is 0.432. The van der Waals surface area contributed by atoms with Crippen molar-refractivity contribution >= 4 is 15.9 Å². The monoisotopic (exact) mass is 515 g/mol. The van der Waals surface area contributed by atoms with Crippen molar-refractivity contribution in [2.75, 3.05) is 33.2 Å². The summed E-state index contributed by atoms with van der Waals surface area (Å²) in [5, 5.41) is 4.01. The lowest BCUT2D eigenvalue weighted by atomic mass is 10.2. The first-order valence-corrected chi connectivity index (χ1v) is 13.2. The Morgan fingerprint density at radius 1 is 1.11 bits per heavy atom. The van der Waals surface area contributed by atoms with Gasteiger partial charge in [-0.05, 0) is 36.2 Å². The van der Waals surface area contributed by atoms with Gasteiger partial charge in [0.1, 0.15) is 5.82 Å². The number of nitrogens with zero attached hydrogens (tertiary/aromatic N) is 5. The van der Waals surface area contributed by atoms with Crippen molar-refractivity contribution in [3.05, 3.63) is 77.2 Å². The van der Waals surface area contributed by atoms with Gasteiger partial charge in [-0.25, -0.2) is 12.8 Å². The standard InChI is InChI=1S/C25H30FN5O4S/c1-19-16-21(8-9-22(19)26)36(33,34)31-14-12-30(13-15-31)18-23-27-24(35-28-23)10-11-25(32)29(2)17-20-6-4-3-5-7-20/h3-9,16H,10-15,17-18H2,1-2H3. The second-order valence-electron chi connectivity index (χ2n) is 8.93. The molecule has 0 radical (unpaired) electrons. The molecule has 11 heteroatoms. The van der Waals surface area contributed by atoms with Crippen molar-refractivity contribution in [2.45, 2.75) is 37.8 Å². The summed E-state index contributed by atoms with van der Waals surface area (Å²) in [6, 6.07) is 13.6. The fourth-order valence-corrected chi connectivity index (χ4v) is 5.57. The largest absolute Gasteiger partial charge is 0.341 e. The molecule has 3 aromatic rings. The van der Waals surface area contributed by atoms with Gasteiger partial charge in [-0.1, -0.05) is 35.5 Å². The van der Waals surface area contributed by atoms with Gasteiger partial charge >= 0.3 is 0 Å². The molecule has 1 aliphatic rings. The van der Waals surface area contributed by atoms with E-state index in [1.165, 1.54) is 22.5 Å². The second kappa shape index (κ2) is 11.3. The highest BCUT2D eigenvalue weighted by Gasteiger charge is 2.29. The fraction of sp³-hybridized carbons (Fsp3) is 0.400. The predicted octanol–water partition coefficient (Wildman–Crippen LogP) is 2.61. The van der Waals surface area contributed by atoms with Crippen LogP contribution in [0.3, 0.4) is 0 Å². The fourth-order valence-electron chi connectivity index (χ4n) is 4.06. The van der Waals surface area contributed by atoms with Crippen LogP contribution in [0.4, 0.5) is 4.39 Å². The van der Waals surface area contributed by atoms with E-state index >= 15 is 0 Å². The number of rotatable bonds is 9. The highest BCUT2D eigenvalue weighted by molar-refractivity contribution is 7.89. The van der Waals surface area contributed by atoms with Gasteiger partial charge in [0.2, 0.25) is 21.8 Å². The summed E-state index contributed by atoms with van der Waals surface area (Å²) in [4.78, 5) is 20.7. The van der Waals surface area contributed by atoms with Crippen LogP contribution in [-0.4, -0.2) is 71.8 Å². The molecule has 36 heavy (non-hydrogen) atoms. The van der Waals surface area contributed by atoms with Crippen molar-refractivity contribution < 1.29 is 22.1 Å². The molecule has 0 aliphatic carbocycles. The average Bonchev–Trinajstić information content (AvgIpc) is 3.32. The molecule has 2 heterocycles. The van der Waals surface area contributed by atoms with Gasteiger partial charge < -0.3 is 9.42 Å². The Balaban J connectivity index is 1.24.